The molecule has 0 aliphatic carbocycles. The van der Waals surface area contributed by atoms with Gasteiger partial charge < -0.3 is 4.57 Å². The lowest BCUT2D eigenvalue weighted by atomic mass is 10.1. The maximum atomic E-state index is 11.7. The molecule has 1 aromatic heterocycles. The van der Waals surface area contributed by atoms with Gasteiger partial charge >= 0.3 is 0 Å². The Balaban J connectivity index is 1.77. The van der Waals surface area contributed by atoms with Crippen molar-refractivity contribution in [3.8, 4) is 0 Å². The minimum Gasteiger partial charge on any atom is -0.337 e. The van der Waals surface area contributed by atoms with Crippen molar-refractivity contribution in [3.05, 3.63) is 53.6 Å². The van der Waals surface area contributed by atoms with Gasteiger partial charge in [0.05, 0.1) is 6.33 Å². The normalized spacial score (nSPS) is 10.5. The molecule has 0 unspecified atom stereocenters. The predicted octanol–water partition coefficient (Wildman–Crippen LogP) is 3.13. The standard InChI is InChI=1S/C14H15ClN2O/c15-14-4-2-1-3-12(14)5-6-13(18)7-9-17-10-8-16-11-17/h1-4,8,10-11H,5-7,9H2. The molecular weight excluding hydrogens is 248 g/mol. The van der Waals surface area contributed by atoms with Crippen molar-refractivity contribution in [1.82, 2.24) is 9.55 Å². The first kappa shape index (κ1) is 12.8. The van der Waals surface area contributed by atoms with Crippen molar-refractivity contribution >= 4 is 17.4 Å². The molecular formula is C14H15ClN2O. The van der Waals surface area contributed by atoms with Crippen LogP contribution in [0.5, 0.6) is 0 Å². The monoisotopic (exact) mass is 262 g/mol. The van der Waals surface area contributed by atoms with E-state index in [1.54, 1.807) is 12.5 Å². The van der Waals surface area contributed by atoms with Crippen molar-refractivity contribution in [2.75, 3.05) is 0 Å². The summed E-state index contributed by atoms with van der Waals surface area (Å²) in [5.41, 5.74) is 1.04. The van der Waals surface area contributed by atoms with E-state index in [2.05, 4.69) is 4.98 Å². The number of Topliss-reactive ketones (excluding diaryl/α,β-unsaturated/α-hetero) is 1. The van der Waals surface area contributed by atoms with Crippen LogP contribution in [0.3, 0.4) is 0 Å². The Bertz CT molecular complexity index is 508. The number of aromatic nitrogens is 2. The largest absolute Gasteiger partial charge is 0.337 e. The van der Waals surface area contributed by atoms with Crippen LogP contribution in [0.2, 0.25) is 5.02 Å². The number of carbonyl (C=O) groups is 1. The Morgan fingerprint density at radius 1 is 1.28 bits per heavy atom. The van der Waals surface area contributed by atoms with Crippen molar-refractivity contribution in [2.24, 2.45) is 0 Å². The number of nitrogens with zero attached hydrogens (tertiary/aromatic N) is 2. The summed E-state index contributed by atoms with van der Waals surface area (Å²) in [6, 6.07) is 7.65. The van der Waals surface area contributed by atoms with Gasteiger partial charge in [-0.15, -0.1) is 0 Å². The van der Waals surface area contributed by atoms with Gasteiger partial charge in [-0.2, -0.15) is 0 Å². The third kappa shape index (κ3) is 3.70. The van der Waals surface area contributed by atoms with E-state index in [-0.39, 0.29) is 5.78 Å². The van der Waals surface area contributed by atoms with Gasteiger partial charge in [0.15, 0.2) is 0 Å². The topological polar surface area (TPSA) is 34.9 Å². The lowest BCUT2D eigenvalue weighted by Gasteiger charge is -2.04. The average Bonchev–Trinajstić information content (AvgIpc) is 2.88. The number of imidazole rings is 1. The van der Waals surface area contributed by atoms with Crippen LogP contribution in [0.1, 0.15) is 18.4 Å². The Morgan fingerprint density at radius 3 is 2.83 bits per heavy atom. The van der Waals surface area contributed by atoms with Crippen LogP contribution < -0.4 is 0 Å². The second kappa shape index (κ2) is 6.36. The van der Waals surface area contributed by atoms with Crippen LogP contribution >= 0.6 is 11.6 Å². The first-order valence-corrected chi connectivity index (χ1v) is 6.34. The van der Waals surface area contributed by atoms with Gasteiger partial charge in [-0.1, -0.05) is 29.8 Å². The second-order valence-electron chi connectivity index (χ2n) is 4.18. The third-order valence-corrected chi connectivity index (χ3v) is 3.21. The van der Waals surface area contributed by atoms with Gasteiger partial charge in [-0.05, 0) is 18.1 Å². The molecule has 1 heterocycles. The molecule has 0 fully saturated rings. The van der Waals surface area contributed by atoms with Crippen LogP contribution in [0.25, 0.3) is 0 Å². The second-order valence-corrected chi connectivity index (χ2v) is 4.59. The van der Waals surface area contributed by atoms with Gasteiger partial charge in [0, 0.05) is 36.8 Å². The highest BCUT2D eigenvalue weighted by molar-refractivity contribution is 6.31. The zero-order chi connectivity index (χ0) is 12.8. The zero-order valence-electron chi connectivity index (χ0n) is 10.1. The molecule has 94 valence electrons. The minimum atomic E-state index is 0.253. The van der Waals surface area contributed by atoms with E-state index < -0.39 is 0 Å². The summed E-state index contributed by atoms with van der Waals surface area (Å²) in [6.07, 6.45) is 7.10. The van der Waals surface area contributed by atoms with E-state index in [4.69, 9.17) is 11.6 Å². The number of ketones is 1. The summed E-state index contributed by atoms with van der Waals surface area (Å²) >= 11 is 6.04. The van der Waals surface area contributed by atoms with Gasteiger partial charge in [0.25, 0.3) is 0 Å². The van der Waals surface area contributed by atoms with Gasteiger partial charge in [0.1, 0.15) is 5.78 Å². The molecule has 2 aromatic rings. The minimum absolute atomic E-state index is 0.253. The van der Waals surface area contributed by atoms with Crippen LogP contribution in [0.4, 0.5) is 0 Å². The highest BCUT2D eigenvalue weighted by Gasteiger charge is 2.05. The molecule has 0 N–H and O–H groups in total. The molecule has 0 radical (unpaired) electrons. The highest BCUT2D eigenvalue weighted by Crippen LogP contribution is 2.16. The van der Waals surface area contributed by atoms with Crippen molar-refractivity contribution in [2.45, 2.75) is 25.8 Å². The molecule has 1 aromatic carbocycles. The fourth-order valence-electron chi connectivity index (χ4n) is 1.77. The van der Waals surface area contributed by atoms with E-state index in [1.807, 2.05) is 35.0 Å². The molecule has 0 aliphatic rings. The quantitative estimate of drug-likeness (QED) is 0.802. The number of hydrogen-bond donors (Lipinski definition) is 0. The lowest BCUT2D eigenvalue weighted by molar-refractivity contribution is -0.119. The molecule has 0 atom stereocenters. The van der Waals surface area contributed by atoms with E-state index >= 15 is 0 Å². The number of carbonyl (C=O) groups excluding carboxylic acids is 1. The SMILES string of the molecule is O=C(CCc1ccccc1Cl)CCn1ccnc1. The highest BCUT2D eigenvalue weighted by atomic mass is 35.5. The van der Waals surface area contributed by atoms with Crippen LogP contribution in [-0.4, -0.2) is 15.3 Å². The molecule has 0 saturated heterocycles. The van der Waals surface area contributed by atoms with Gasteiger partial charge in [-0.3, -0.25) is 4.79 Å². The molecule has 2 rings (SSSR count). The van der Waals surface area contributed by atoms with Crippen LogP contribution in [0.15, 0.2) is 43.0 Å². The third-order valence-electron chi connectivity index (χ3n) is 2.84. The Kier molecular flexibility index (Phi) is 4.53. The van der Waals surface area contributed by atoms with E-state index in [0.29, 0.717) is 25.8 Å². The lowest BCUT2D eigenvalue weighted by Crippen LogP contribution is -2.05. The van der Waals surface area contributed by atoms with Gasteiger partial charge in [0.2, 0.25) is 0 Å². The van der Waals surface area contributed by atoms with Gasteiger partial charge in [-0.25, -0.2) is 4.98 Å². The van der Waals surface area contributed by atoms with E-state index in [1.165, 1.54) is 0 Å². The fourth-order valence-corrected chi connectivity index (χ4v) is 2.00. The summed E-state index contributed by atoms with van der Waals surface area (Å²) < 4.78 is 1.91. The Morgan fingerprint density at radius 2 is 2.11 bits per heavy atom. The number of halogens is 1. The van der Waals surface area contributed by atoms with Crippen molar-refractivity contribution in [1.29, 1.82) is 0 Å². The van der Waals surface area contributed by atoms with E-state index in [0.717, 1.165) is 10.6 Å². The number of aryl methyl sites for hydroxylation is 2. The smallest absolute Gasteiger partial charge is 0.135 e. The summed E-state index contributed by atoms with van der Waals surface area (Å²) in [5, 5.41) is 0.736. The van der Waals surface area contributed by atoms with E-state index in [9.17, 15) is 4.79 Å². The number of hydrogen-bond acceptors (Lipinski definition) is 2. The summed E-state index contributed by atoms with van der Waals surface area (Å²) in [4.78, 5) is 15.7. The summed E-state index contributed by atoms with van der Waals surface area (Å²) in [6.45, 7) is 0.696. The maximum Gasteiger partial charge on any atom is 0.135 e. The molecule has 0 aliphatic heterocycles. The van der Waals surface area contributed by atoms with Crippen molar-refractivity contribution in [3.63, 3.8) is 0 Å². The molecule has 0 spiro atoms. The molecule has 3 nitrogen and oxygen atoms in total. The molecule has 0 bridgehead atoms. The van der Waals surface area contributed by atoms with Crippen LogP contribution in [0, 0.1) is 0 Å². The maximum absolute atomic E-state index is 11.7. The first-order chi connectivity index (χ1) is 8.75. The summed E-state index contributed by atoms with van der Waals surface area (Å²) in [7, 11) is 0. The molecule has 0 saturated carbocycles. The molecule has 4 heteroatoms. The average molecular weight is 263 g/mol. The fraction of sp³-hybridized carbons (Fsp3) is 0.286. The number of benzene rings is 1. The molecule has 18 heavy (non-hydrogen) atoms. The van der Waals surface area contributed by atoms with Crippen LogP contribution in [-0.2, 0) is 17.8 Å². The summed E-state index contributed by atoms with van der Waals surface area (Å²) in [5.74, 6) is 0.253. The number of rotatable bonds is 6. The Hall–Kier alpha value is -1.61. The molecule has 0 amide bonds. The first-order valence-electron chi connectivity index (χ1n) is 5.96. The predicted molar refractivity (Wildman–Crippen MR) is 71.6 cm³/mol. The Labute approximate surface area is 111 Å². The van der Waals surface area contributed by atoms with Crippen molar-refractivity contribution < 1.29 is 4.79 Å². The zero-order valence-corrected chi connectivity index (χ0v) is 10.8.